The summed E-state index contributed by atoms with van der Waals surface area (Å²) in [7, 11) is 0. The monoisotopic (exact) mass is 217 g/mol. The third-order valence-corrected chi connectivity index (χ3v) is 1.83. The molecule has 0 atom stereocenters. The average Bonchev–Trinajstić information content (AvgIpc) is 2.30. The van der Waals surface area contributed by atoms with Gasteiger partial charge in [-0.15, -0.1) is 0 Å². The molecule has 0 aliphatic carbocycles. The van der Waals surface area contributed by atoms with E-state index < -0.39 is 0 Å². The molecular weight excluding hydrogens is 202 g/mol. The van der Waals surface area contributed by atoms with Crippen molar-refractivity contribution in [3.63, 3.8) is 0 Å². The van der Waals surface area contributed by atoms with Crippen LogP contribution in [0.25, 0.3) is 11.0 Å². The number of hydrogen-bond donors (Lipinski definition) is 2. The largest absolute Gasteiger partial charge is 0.382 e. The van der Waals surface area contributed by atoms with E-state index in [1.807, 2.05) is 20.8 Å². The second kappa shape index (κ2) is 5.16. The van der Waals surface area contributed by atoms with Crippen molar-refractivity contribution in [3.8, 4) is 0 Å². The highest BCUT2D eigenvalue weighted by atomic mass is 14.9. The number of amidine groups is 1. The first-order valence-electron chi connectivity index (χ1n) is 5.10. The minimum atomic E-state index is -0.0609. The molecule has 3 N–H and O–H groups in total. The summed E-state index contributed by atoms with van der Waals surface area (Å²) in [6, 6.07) is 1.66. The van der Waals surface area contributed by atoms with Crippen molar-refractivity contribution in [1.82, 2.24) is 15.0 Å². The second-order valence-electron chi connectivity index (χ2n) is 2.98. The van der Waals surface area contributed by atoms with Gasteiger partial charge in [-0.05, 0) is 13.0 Å². The van der Waals surface area contributed by atoms with Gasteiger partial charge in [-0.25, -0.2) is 4.98 Å². The lowest BCUT2D eigenvalue weighted by Crippen LogP contribution is -2.13. The van der Waals surface area contributed by atoms with Crippen molar-refractivity contribution in [3.05, 3.63) is 29.8 Å². The Kier molecular flexibility index (Phi) is 3.88. The summed E-state index contributed by atoms with van der Waals surface area (Å²) in [5.41, 5.74) is 8.00. The van der Waals surface area contributed by atoms with Gasteiger partial charge >= 0.3 is 0 Å². The zero-order valence-corrected chi connectivity index (χ0v) is 9.65. The molecule has 0 unspecified atom stereocenters. The molecule has 0 aromatic carbocycles. The van der Waals surface area contributed by atoms with Gasteiger partial charge in [-0.2, -0.15) is 0 Å². The maximum absolute atomic E-state index is 7.22. The lowest BCUT2D eigenvalue weighted by molar-refractivity contribution is 1.16. The summed E-state index contributed by atoms with van der Waals surface area (Å²) >= 11 is 0. The second-order valence-corrected chi connectivity index (χ2v) is 2.98. The molecule has 0 aliphatic heterocycles. The Morgan fingerprint density at radius 2 is 1.88 bits per heavy atom. The summed E-state index contributed by atoms with van der Waals surface area (Å²) in [5, 5.41) is 7.22. The zero-order valence-electron chi connectivity index (χ0n) is 9.65. The van der Waals surface area contributed by atoms with Crippen LogP contribution < -0.4 is 5.73 Å². The molecule has 84 valence electrons. The minimum absolute atomic E-state index is 0.0609. The Labute approximate surface area is 94.3 Å². The molecule has 0 bridgehead atoms. The van der Waals surface area contributed by atoms with E-state index in [0.717, 1.165) is 11.2 Å². The molecule has 5 nitrogen and oxygen atoms in total. The Hall–Kier alpha value is -2.04. The Morgan fingerprint density at radius 1 is 1.19 bits per heavy atom. The highest BCUT2D eigenvalue weighted by Crippen LogP contribution is 2.08. The number of aromatic nitrogens is 3. The Balaban J connectivity index is 0.000000606. The fraction of sp³-hybridized carbons (Fsp3) is 0.273. The molecule has 0 saturated carbocycles. The van der Waals surface area contributed by atoms with Gasteiger partial charge in [-0.1, -0.05) is 13.8 Å². The van der Waals surface area contributed by atoms with Gasteiger partial charge < -0.3 is 5.73 Å². The van der Waals surface area contributed by atoms with Crippen molar-refractivity contribution < 1.29 is 0 Å². The van der Waals surface area contributed by atoms with E-state index in [4.69, 9.17) is 11.1 Å². The van der Waals surface area contributed by atoms with Crippen molar-refractivity contribution in [2.75, 3.05) is 0 Å². The topological polar surface area (TPSA) is 88.5 Å². The van der Waals surface area contributed by atoms with E-state index in [2.05, 4.69) is 15.0 Å². The lowest BCUT2D eigenvalue weighted by Gasteiger charge is -2.00. The van der Waals surface area contributed by atoms with Gasteiger partial charge in [0.25, 0.3) is 0 Å². The third kappa shape index (κ3) is 2.50. The summed E-state index contributed by atoms with van der Waals surface area (Å²) in [4.78, 5) is 12.4. The number of aryl methyl sites for hydroxylation is 1. The van der Waals surface area contributed by atoms with Gasteiger partial charge in [0.1, 0.15) is 17.0 Å². The molecule has 0 saturated heterocycles. The number of nitrogen functional groups attached to an aromatic ring is 1. The molecule has 2 aromatic heterocycles. The van der Waals surface area contributed by atoms with Gasteiger partial charge in [0, 0.05) is 6.20 Å². The summed E-state index contributed by atoms with van der Waals surface area (Å²) in [5.74, 6) is -0.0609. The number of nitrogens with two attached hydrogens (primary N) is 1. The number of fused-ring (bicyclic) bond motifs is 1. The van der Waals surface area contributed by atoms with Crippen LogP contribution in [-0.4, -0.2) is 20.8 Å². The molecule has 2 rings (SSSR count). The van der Waals surface area contributed by atoms with Crippen LogP contribution in [0.5, 0.6) is 0 Å². The van der Waals surface area contributed by atoms with E-state index in [0.29, 0.717) is 11.2 Å². The van der Waals surface area contributed by atoms with Crippen LogP contribution in [0, 0.1) is 12.3 Å². The van der Waals surface area contributed by atoms with Crippen molar-refractivity contribution in [2.24, 2.45) is 5.73 Å². The van der Waals surface area contributed by atoms with Gasteiger partial charge in [0.15, 0.2) is 0 Å². The van der Waals surface area contributed by atoms with Crippen LogP contribution in [0.3, 0.4) is 0 Å². The standard InChI is InChI=1S/C9H9N5.C2H6/c1-5-3-12-6-2-7(9(10)11)13-4-8(6)14-5;1-2/h2-4H,1H3,(H3,10,11);1-2H3. The van der Waals surface area contributed by atoms with Crippen LogP contribution in [0.15, 0.2) is 18.5 Å². The predicted octanol–water partition coefficient (Wildman–Crippen LogP) is 1.64. The number of hydrogen-bond acceptors (Lipinski definition) is 4. The molecule has 0 amide bonds. The van der Waals surface area contributed by atoms with E-state index in [-0.39, 0.29) is 5.84 Å². The number of nitrogens with zero attached hydrogens (tertiary/aromatic N) is 3. The molecule has 0 fully saturated rings. The van der Waals surface area contributed by atoms with Gasteiger partial charge in [0.2, 0.25) is 0 Å². The van der Waals surface area contributed by atoms with E-state index in [1.54, 1.807) is 18.5 Å². The molecule has 16 heavy (non-hydrogen) atoms. The quantitative estimate of drug-likeness (QED) is 0.561. The molecule has 2 aromatic rings. The lowest BCUT2D eigenvalue weighted by atomic mass is 10.3. The average molecular weight is 217 g/mol. The van der Waals surface area contributed by atoms with Gasteiger partial charge in [-0.3, -0.25) is 15.4 Å². The molecular formula is C11H15N5. The van der Waals surface area contributed by atoms with Crippen molar-refractivity contribution in [2.45, 2.75) is 20.8 Å². The molecule has 0 aliphatic rings. The normalized spacial score (nSPS) is 9.44. The fourth-order valence-electron chi connectivity index (χ4n) is 1.16. The summed E-state index contributed by atoms with van der Waals surface area (Å²) in [6.07, 6.45) is 3.25. The third-order valence-electron chi connectivity index (χ3n) is 1.83. The Morgan fingerprint density at radius 3 is 2.50 bits per heavy atom. The van der Waals surface area contributed by atoms with Crippen molar-refractivity contribution in [1.29, 1.82) is 5.41 Å². The first-order valence-corrected chi connectivity index (χ1v) is 5.10. The minimum Gasteiger partial charge on any atom is -0.382 e. The maximum Gasteiger partial charge on any atom is 0.141 e. The predicted molar refractivity (Wildman–Crippen MR) is 64.4 cm³/mol. The highest BCUT2D eigenvalue weighted by Gasteiger charge is 2.02. The highest BCUT2D eigenvalue weighted by molar-refractivity contribution is 5.95. The van der Waals surface area contributed by atoms with E-state index in [1.165, 1.54) is 0 Å². The first-order chi connectivity index (χ1) is 7.66. The SMILES string of the molecule is CC.Cc1cnc2cc(C(=N)N)ncc2n1. The van der Waals surface area contributed by atoms with Crippen LogP contribution >= 0.6 is 0 Å². The molecule has 0 radical (unpaired) electrons. The maximum atomic E-state index is 7.22. The fourth-order valence-corrected chi connectivity index (χ4v) is 1.16. The summed E-state index contributed by atoms with van der Waals surface area (Å²) < 4.78 is 0. The molecule has 2 heterocycles. The smallest absolute Gasteiger partial charge is 0.141 e. The molecule has 0 spiro atoms. The Bertz CT molecular complexity index is 507. The van der Waals surface area contributed by atoms with Gasteiger partial charge in [0.05, 0.1) is 17.4 Å². The summed E-state index contributed by atoms with van der Waals surface area (Å²) in [6.45, 7) is 5.87. The van der Waals surface area contributed by atoms with Crippen LogP contribution in [0.4, 0.5) is 0 Å². The number of nitrogens with one attached hydrogen (secondary N) is 1. The van der Waals surface area contributed by atoms with Crippen molar-refractivity contribution >= 4 is 16.9 Å². The van der Waals surface area contributed by atoms with Crippen LogP contribution in [0.2, 0.25) is 0 Å². The van der Waals surface area contributed by atoms with Crippen LogP contribution in [0.1, 0.15) is 25.2 Å². The van der Waals surface area contributed by atoms with E-state index in [9.17, 15) is 0 Å². The van der Waals surface area contributed by atoms with Crippen LogP contribution in [-0.2, 0) is 0 Å². The van der Waals surface area contributed by atoms with E-state index >= 15 is 0 Å². The first kappa shape index (κ1) is 12.0. The number of pyridine rings is 1. The molecule has 5 heteroatoms. The number of rotatable bonds is 1. The zero-order chi connectivity index (χ0) is 12.1.